The van der Waals surface area contributed by atoms with Gasteiger partial charge < -0.3 is 14.1 Å². The fourth-order valence-electron chi connectivity index (χ4n) is 4.98. The molecule has 0 aliphatic carbocycles. The molecule has 1 fully saturated rings. The Hall–Kier alpha value is -3.30. The number of pyridine rings is 1. The summed E-state index contributed by atoms with van der Waals surface area (Å²) in [6, 6.07) is 11.7. The summed E-state index contributed by atoms with van der Waals surface area (Å²) >= 11 is 0. The molecule has 3 aromatic heterocycles. The van der Waals surface area contributed by atoms with Gasteiger partial charge in [-0.25, -0.2) is 4.68 Å². The van der Waals surface area contributed by atoms with Gasteiger partial charge in [-0.05, 0) is 71.8 Å². The van der Waals surface area contributed by atoms with E-state index in [1.807, 2.05) is 35.0 Å². The molecule has 2 atom stereocenters. The average molecular weight is 477 g/mol. The molecule has 9 nitrogen and oxygen atoms in total. The molecule has 0 unspecified atom stereocenters. The smallest absolute Gasteiger partial charge is 0.252 e. The summed E-state index contributed by atoms with van der Waals surface area (Å²) in [4.78, 5) is 18.3. The number of rotatable bonds is 9. The maximum atomic E-state index is 13.1. The Bertz CT molecular complexity index is 1320. The number of aryl methyl sites for hydroxylation is 1. The molecule has 0 radical (unpaired) electrons. The maximum Gasteiger partial charge on any atom is 0.252 e. The van der Waals surface area contributed by atoms with Crippen molar-refractivity contribution < 1.29 is 9.15 Å². The zero-order valence-corrected chi connectivity index (χ0v) is 20.5. The van der Waals surface area contributed by atoms with E-state index < -0.39 is 0 Å². The van der Waals surface area contributed by atoms with Crippen LogP contribution in [-0.2, 0) is 24.4 Å². The highest BCUT2D eigenvalue weighted by Crippen LogP contribution is 2.31. The number of aromatic nitrogens is 5. The van der Waals surface area contributed by atoms with E-state index in [4.69, 9.17) is 9.15 Å². The van der Waals surface area contributed by atoms with Crippen LogP contribution in [-0.4, -0.2) is 42.8 Å². The number of aromatic amines is 1. The number of furan rings is 1. The second-order valence-electron chi connectivity index (χ2n) is 9.74. The zero-order chi connectivity index (χ0) is 24.4. The van der Waals surface area contributed by atoms with E-state index in [1.54, 1.807) is 6.26 Å². The highest BCUT2D eigenvalue weighted by molar-refractivity contribution is 5.79. The molecule has 0 bridgehead atoms. The van der Waals surface area contributed by atoms with Gasteiger partial charge in [0.2, 0.25) is 0 Å². The van der Waals surface area contributed by atoms with Crippen LogP contribution in [0.3, 0.4) is 0 Å². The van der Waals surface area contributed by atoms with Crippen LogP contribution in [0, 0.1) is 12.8 Å². The normalized spacial score (nSPS) is 17.1. The van der Waals surface area contributed by atoms with Gasteiger partial charge in [0.15, 0.2) is 5.82 Å². The Morgan fingerprint density at radius 2 is 2.11 bits per heavy atom. The van der Waals surface area contributed by atoms with Gasteiger partial charge in [0.1, 0.15) is 5.76 Å². The van der Waals surface area contributed by atoms with Crippen molar-refractivity contribution in [2.24, 2.45) is 5.92 Å². The molecule has 1 N–H and O–H groups in total. The fourth-order valence-corrected chi connectivity index (χ4v) is 4.98. The molecular formula is C26H32N6O3. The first-order chi connectivity index (χ1) is 17.0. The number of ether oxygens (including phenoxy) is 1. The summed E-state index contributed by atoms with van der Waals surface area (Å²) < 4.78 is 13.4. The standard InChI is InChI=1S/C26H32N6O3/c1-17(2)24(25-28-29-30-32(25)16-22-7-5-11-35-22)31(15-21-6-4-10-34-21)14-20-13-19-12-18(3)8-9-23(19)27-26(20)33/h4,6,8-10,12-13,17,22,24H,5,7,11,14-16H2,1-3H3,(H,27,33)/t22-,24+/m0/s1. The predicted octanol–water partition coefficient (Wildman–Crippen LogP) is 3.99. The highest BCUT2D eigenvalue weighted by Gasteiger charge is 2.31. The summed E-state index contributed by atoms with van der Waals surface area (Å²) in [5, 5.41) is 13.8. The van der Waals surface area contributed by atoms with E-state index in [9.17, 15) is 4.79 Å². The number of fused-ring (bicyclic) bond motifs is 1. The van der Waals surface area contributed by atoms with E-state index in [2.05, 4.69) is 52.2 Å². The number of tetrazole rings is 1. The van der Waals surface area contributed by atoms with Crippen molar-refractivity contribution >= 4 is 10.9 Å². The summed E-state index contributed by atoms with van der Waals surface area (Å²) in [5.74, 6) is 1.78. The van der Waals surface area contributed by atoms with Crippen LogP contribution in [0.1, 0.15) is 55.4 Å². The first-order valence-electron chi connectivity index (χ1n) is 12.2. The van der Waals surface area contributed by atoms with E-state index in [0.29, 0.717) is 25.2 Å². The van der Waals surface area contributed by atoms with Gasteiger partial charge in [-0.15, -0.1) is 5.10 Å². The lowest BCUT2D eigenvalue weighted by Gasteiger charge is -2.33. The minimum absolute atomic E-state index is 0.0905. The topological polar surface area (TPSA) is 102 Å². The minimum atomic E-state index is -0.135. The molecule has 5 rings (SSSR count). The lowest BCUT2D eigenvalue weighted by molar-refractivity contribution is 0.0836. The molecular weight excluding hydrogens is 444 g/mol. The maximum absolute atomic E-state index is 13.1. The van der Waals surface area contributed by atoms with E-state index in [0.717, 1.165) is 47.5 Å². The number of nitrogens with zero attached hydrogens (tertiary/aromatic N) is 5. The molecule has 1 aliphatic heterocycles. The molecule has 0 saturated carbocycles. The SMILES string of the molecule is Cc1ccc2[nH]c(=O)c(CN(Cc3ccco3)[C@@H](c3nnnn3C[C@@H]3CCCO3)C(C)C)cc2c1. The molecule has 0 amide bonds. The second kappa shape index (κ2) is 10.1. The van der Waals surface area contributed by atoms with Gasteiger partial charge in [0, 0.05) is 24.2 Å². The minimum Gasteiger partial charge on any atom is -0.468 e. The molecule has 184 valence electrons. The molecule has 0 spiro atoms. The monoisotopic (exact) mass is 476 g/mol. The second-order valence-corrected chi connectivity index (χ2v) is 9.74. The Kier molecular flexibility index (Phi) is 6.79. The third-order valence-corrected chi connectivity index (χ3v) is 6.64. The van der Waals surface area contributed by atoms with E-state index >= 15 is 0 Å². The molecule has 9 heteroatoms. The van der Waals surface area contributed by atoms with Crippen LogP contribution in [0.15, 0.2) is 51.9 Å². The Morgan fingerprint density at radius 3 is 2.86 bits per heavy atom. The van der Waals surface area contributed by atoms with Gasteiger partial charge in [0.05, 0.1) is 31.5 Å². The number of hydrogen-bond donors (Lipinski definition) is 1. The Balaban J connectivity index is 1.52. The van der Waals surface area contributed by atoms with Gasteiger partial charge in [-0.1, -0.05) is 25.5 Å². The number of nitrogens with one attached hydrogen (secondary N) is 1. The van der Waals surface area contributed by atoms with Crippen LogP contribution < -0.4 is 5.56 Å². The number of hydrogen-bond acceptors (Lipinski definition) is 7. The fraction of sp³-hybridized carbons (Fsp3) is 0.462. The van der Waals surface area contributed by atoms with Crippen molar-refractivity contribution in [2.75, 3.05) is 6.61 Å². The third-order valence-electron chi connectivity index (χ3n) is 6.64. The van der Waals surface area contributed by atoms with Crippen LogP contribution in [0.25, 0.3) is 10.9 Å². The zero-order valence-electron chi connectivity index (χ0n) is 20.5. The van der Waals surface area contributed by atoms with Gasteiger partial charge in [0.25, 0.3) is 5.56 Å². The number of H-pyrrole nitrogens is 1. The van der Waals surface area contributed by atoms with Crippen molar-refractivity contribution in [2.45, 2.75) is 65.4 Å². The summed E-state index contributed by atoms with van der Waals surface area (Å²) in [5.41, 5.74) is 2.59. The summed E-state index contributed by atoms with van der Waals surface area (Å²) in [6.07, 6.45) is 3.86. The lowest BCUT2D eigenvalue weighted by Crippen LogP contribution is -2.35. The number of benzene rings is 1. The van der Waals surface area contributed by atoms with E-state index in [1.165, 1.54) is 0 Å². The summed E-state index contributed by atoms with van der Waals surface area (Å²) in [6.45, 7) is 8.71. The van der Waals surface area contributed by atoms with Gasteiger partial charge in [-0.3, -0.25) is 9.69 Å². The molecule has 1 aromatic carbocycles. The Labute approximate surface area is 204 Å². The van der Waals surface area contributed by atoms with Crippen molar-refractivity contribution in [1.82, 2.24) is 30.1 Å². The lowest BCUT2D eigenvalue weighted by atomic mass is 10.00. The quantitative estimate of drug-likeness (QED) is 0.390. The first kappa shape index (κ1) is 23.4. The third kappa shape index (κ3) is 5.21. The Morgan fingerprint density at radius 1 is 1.23 bits per heavy atom. The van der Waals surface area contributed by atoms with Crippen molar-refractivity contribution in [3.05, 3.63) is 75.7 Å². The van der Waals surface area contributed by atoms with Crippen LogP contribution in [0.5, 0.6) is 0 Å². The first-order valence-corrected chi connectivity index (χ1v) is 12.2. The average Bonchev–Trinajstić information content (AvgIpc) is 3.59. The molecule has 4 heterocycles. The summed E-state index contributed by atoms with van der Waals surface area (Å²) in [7, 11) is 0. The molecule has 35 heavy (non-hydrogen) atoms. The van der Waals surface area contributed by atoms with Crippen LogP contribution >= 0.6 is 0 Å². The predicted molar refractivity (Wildman–Crippen MR) is 132 cm³/mol. The van der Waals surface area contributed by atoms with E-state index in [-0.39, 0.29) is 23.6 Å². The molecule has 1 aliphatic rings. The van der Waals surface area contributed by atoms with Gasteiger partial charge >= 0.3 is 0 Å². The van der Waals surface area contributed by atoms with Crippen LogP contribution in [0.4, 0.5) is 0 Å². The molecule has 4 aromatic rings. The van der Waals surface area contributed by atoms with Crippen LogP contribution in [0.2, 0.25) is 0 Å². The van der Waals surface area contributed by atoms with Crippen molar-refractivity contribution in [3.63, 3.8) is 0 Å². The highest BCUT2D eigenvalue weighted by atomic mass is 16.5. The molecule has 1 saturated heterocycles. The largest absolute Gasteiger partial charge is 0.468 e. The van der Waals surface area contributed by atoms with Crippen molar-refractivity contribution in [1.29, 1.82) is 0 Å². The van der Waals surface area contributed by atoms with Crippen molar-refractivity contribution in [3.8, 4) is 0 Å². The van der Waals surface area contributed by atoms with Gasteiger partial charge in [-0.2, -0.15) is 0 Å².